The highest BCUT2D eigenvalue weighted by atomic mass is 79.9. The maximum atomic E-state index is 12.3. The normalized spacial score (nSPS) is 15.6. The second-order valence-corrected chi connectivity index (χ2v) is 7.68. The Balaban J connectivity index is 1.43. The van der Waals surface area contributed by atoms with Gasteiger partial charge in [0.1, 0.15) is 0 Å². The van der Waals surface area contributed by atoms with Crippen molar-refractivity contribution in [3.63, 3.8) is 0 Å². The first-order valence-electron chi connectivity index (χ1n) is 9.05. The number of non-ortho nitro benzene ring substituents is 1. The average molecular weight is 445 g/mol. The molecule has 1 aliphatic rings. The van der Waals surface area contributed by atoms with Crippen molar-refractivity contribution in [2.75, 3.05) is 13.1 Å². The summed E-state index contributed by atoms with van der Waals surface area (Å²) in [7, 11) is 0. The third-order valence-electron chi connectivity index (χ3n) is 4.77. The van der Waals surface area contributed by atoms with Gasteiger partial charge in [-0.2, -0.15) is 5.10 Å². The molecule has 0 aliphatic carbocycles. The number of nitrogens with zero attached hydrogens (tertiary/aromatic N) is 3. The van der Waals surface area contributed by atoms with Gasteiger partial charge in [0.25, 0.3) is 5.69 Å². The fourth-order valence-electron chi connectivity index (χ4n) is 3.15. The van der Waals surface area contributed by atoms with E-state index in [0.29, 0.717) is 0 Å². The first-order valence-corrected chi connectivity index (χ1v) is 9.85. The number of nitro benzene ring substituents is 1. The van der Waals surface area contributed by atoms with Gasteiger partial charge in [0.05, 0.1) is 11.1 Å². The minimum atomic E-state index is -0.396. The van der Waals surface area contributed by atoms with Gasteiger partial charge in [0.15, 0.2) is 0 Å². The van der Waals surface area contributed by atoms with Gasteiger partial charge >= 0.3 is 0 Å². The van der Waals surface area contributed by atoms with Crippen LogP contribution in [0.4, 0.5) is 5.69 Å². The van der Waals surface area contributed by atoms with Crippen LogP contribution >= 0.6 is 15.9 Å². The van der Waals surface area contributed by atoms with Crippen molar-refractivity contribution >= 4 is 33.7 Å². The van der Waals surface area contributed by atoms with Crippen LogP contribution < -0.4 is 5.43 Å². The number of carbonyl (C=O) groups is 1. The second-order valence-electron chi connectivity index (χ2n) is 6.76. The summed E-state index contributed by atoms with van der Waals surface area (Å²) in [5, 5.41) is 14.8. The zero-order valence-electron chi connectivity index (χ0n) is 15.3. The maximum absolute atomic E-state index is 12.3. The van der Waals surface area contributed by atoms with Crippen LogP contribution in [0.3, 0.4) is 0 Å². The smallest absolute Gasteiger partial charge is 0.269 e. The first-order chi connectivity index (χ1) is 13.5. The molecular formula is C20H21BrN4O3. The van der Waals surface area contributed by atoms with Crippen LogP contribution in [0.2, 0.25) is 0 Å². The van der Waals surface area contributed by atoms with E-state index in [-0.39, 0.29) is 17.5 Å². The summed E-state index contributed by atoms with van der Waals surface area (Å²) in [5.41, 5.74) is 4.69. The molecule has 0 spiro atoms. The van der Waals surface area contributed by atoms with E-state index in [2.05, 4.69) is 31.4 Å². The molecule has 146 valence electrons. The van der Waals surface area contributed by atoms with Crippen molar-refractivity contribution in [1.82, 2.24) is 10.3 Å². The number of hydrazone groups is 1. The molecule has 0 atom stereocenters. The lowest BCUT2D eigenvalue weighted by molar-refractivity contribution is -0.384. The Labute approximate surface area is 171 Å². The Morgan fingerprint density at radius 1 is 1.18 bits per heavy atom. The van der Waals surface area contributed by atoms with Crippen molar-refractivity contribution in [1.29, 1.82) is 0 Å². The number of benzene rings is 2. The number of amides is 1. The van der Waals surface area contributed by atoms with Crippen LogP contribution in [0.5, 0.6) is 0 Å². The molecule has 1 amide bonds. The Bertz CT molecular complexity index is 845. The largest absolute Gasteiger partial charge is 0.299 e. The monoisotopic (exact) mass is 444 g/mol. The molecule has 1 saturated heterocycles. The standard InChI is InChI=1S/C20H21BrN4O3/c21-18-5-1-15(2-6-18)13-22-23-20(26)17-9-11-24(12-10-17)14-16-3-7-19(8-4-16)25(27)28/h1-8,13,17H,9-12,14H2,(H,23,26). The molecule has 0 bridgehead atoms. The highest BCUT2D eigenvalue weighted by molar-refractivity contribution is 9.10. The molecule has 0 unspecified atom stereocenters. The van der Waals surface area contributed by atoms with Crippen molar-refractivity contribution in [2.45, 2.75) is 19.4 Å². The van der Waals surface area contributed by atoms with Crippen LogP contribution in [0, 0.1) is 16.0 Å². The van der Waals surface area contributed by atoms with Crippen molar-refractivity contribution in [3.05, 3.63) is 74.2 Å². The summed E-state index contributed by atoms with van der Waals surface area (Å²) in [6, 6.07) is 14.3. The van der Waals surface area contributed by atoms with Crippen LogP contribution in [-0.4, -0.2) is 35.0 Å². The zero-order valence-corrected chi connectivity index (χ0v) is 16.8. The molecule has 1 aliphatic heterocycles. The molecule has 2 aromatic rings. The van der Waals surface area contributed by atoms with E-state index in [9.17, 15) is 14.9 Å². The van der Waals surface area contributed by atoms with E-state index in [0.717, 1.165) is 48.1 Å². The molecular weight excluding hydrogens is 424 g/mol. The van der Waals surface area contributed by atoms with E-state index in [1.807, 2.05) is 24.3 Å². The molecule has 0 radical (unpaired) electrons. The summed E-state index contributed by atoms with van der Waals surface area (Å²) in [5.74, 6) is -0.0986. The molecule has 1 fully saturated rings. The first kappa shape index (κ1) is 20.2. The van der Waals surface area contributed by atoms with Crippen molar-refractivity contribution in [2.24, 2.45) is 11.0 Å². The lowest BCUT2D eigenvalue weighted by Crippen LogP contribution is -2.39. The fraction of sp³-hybridized carbons (Fsp3) is 0.300. The van der Waals surface area contributed by atoms with Crippen LogP contribution in [0.1, 0.15) is 24.0 Å². The molecule has 1 N–H and O–H groups in total. The number of nitro groups is 1. The Hall–Kier alpha value is -2.58. The Kier molecular flexibility index (Phi) is 6.89. The molecule has 3 rings (SSSR count). The summed E-state index contributed by atoms with van der Waals surface area (Å²) >= 11 is 3.38. The number of nitrogens with one attached hydrogen (secondary N) is 1. The quantitative estimate of drug-likeness (QED) is 0.417. The number of hydrogen-bond acceptors (Lipinski definition) is 5. The molecule has 0 saturated carbocycles. The van der Waals surface area contributed by atoms with E-state index in [4.69, 9.17) is 0 Å². The summed E-state index contributed by atoms with van der Waals surface area (Å²) in [4.78, 5) is 24.9. The topological polar surface area (TPSA) is 87.8 Å². The summed E-state index contributed by atoms with van der Waals surface area (Å²) in [6.07, 6.45) is 3.17. The third kappa shape index (κ3) is 5.71. The minimum absolute atomic E-state index is 0.0461. The van der Waals surface area contributed by atoms with Gasteiger partial charge in [-0.3, -0.25) is 19.8 Å². The molecule has 2 aromatic carbocycles. The van der Waals surface area contributed by atoms with Gasteiger partial charge in [-0.1, -0.05) is 40.2 Å². The van der Waals surface area contributed by atoms with Crippen molar-refractivity contribution in [3.8, 4) is 0 Å². The minimum Gasteiger partial charge on any atom is -0.299 e. The van der Waals surface area contributed by atoms with E-state index in [1.54, 1.807) is 18.3 Å². The highest BCUT2D eigenvalue weighted by Crippen LogP contribution is 2.20. The lowest BCUT2D eigenvalue weighted by Gasteiger charge is -2.30. The second kappa shape index (κ2) is 9.57. The number of hydrogen-bond donors (Lipinski definition) is 1. The Morgan fingerprint density at radius 2 is 1.82 bits per heavy atom. The fourth-order valence-corrected chi connectivity index (χ4v) is 3.41. The van der Waals surface area contributed by atoms with Gasteiger partial charge in [-0.05, 0) is 49.2 Å². The molecule has 7 nitrogen and oxygen atoms in total. The van der Waals surface area contributed by atoms with Crippen LogP contribution in [-0.2, 0) is 11.3 Å². The van der Waals surface area contributed by atoms with Gasteiger partial charge in [0, 0.05) is 29.1 Å². The van der Waals surface area contributed by atoms with Gasteiger partial charge in [-0.25, -0.2) is 5.43 Å². The molecule has 28 heavy (non-hydrogen) atoms. The van der Waals surface area contributed by atoms with E-state index in [1.165, 1.54) is 12.1 Å². The van der Waals surface area contributed by atoms with E-state index < -0.39 is 4.92 Å². The number of halogens is 1. The van der Waals surface area contributed by atoms with Crippen LogP contribution in [0.15, 0.2) is 58.1 Å². The summed E-state index contributed by atoms with van der Waals surface area (Å²) < 4.78 is 0.995. The predicted molar refractivity (Wildman–Crippen MR) is 111 cm³/mol. The Morgan fingerprint density at radius 3 is 2.43 bits per heavy atom. The van der Waals surface area contributed by atoms with Crippen LogP contribution in [0.25, 0.3) is 0 Å². The zero-order chi connectivity index (χ0) is 19.9. The SMILES string of the molecule is O=C(NN=Cc1ccc(Br)cc1)C1CCN(Cc2ccc([N+](=O)[O-])cc2)CC1. The lowest BCUT2D eigenvalue weighted by atomic mass is 9.96. The molecule has 8 heteroatoms. The molecule has 1 heterocycles. The number of carbonyl (C=O) groups excluding carboxylic acids is 1. The maximum Gasteiger partial charge on any atom is 0.269 e. The number of rotatable bonds is 6. The number of likely N-dealkylation sites (tertiary alicyclic amines) is 1. The predicted octanol–water partition coefficient (Wildman–Crippen LogP) is 3.72. The van der Waals surface area contributed by atoms with Gasteiger partial charge in [-0.15, -0.1) is 0 Å². The van der Waals surface area contributed by atoms with E-state index >= 15 is 0 Å². The van der Waals surface area contributed by atoms with Gasteiger partial charge < -0.3 is 0 Å². The van der Waals surface area contributed by atoms with Gasteiger partial charge in [0.2, 0.25) is 5.91 Å². The molecule has 0 aromatic heterocycles. The highest BCUT2D eigenvalue weighted by Gasteiger charge is 2.24. The number of piperidine rings is 1. The average Bonchev–Trinajstić information content (AvgIpc) is 2.70. The van der Waals surface area contributed by atoms with Crippen molar-refractivity contribution < 1.29 is 9.72 Å². The summed E-state index contributed by atoms with van der Waals surface area (Å²) in [6.45, 7) is 2.35. The third-order valence-corrected chi connectivity index (χ3v) is 5.30.